The second-order valence-electron chi connectivity index (χ2n) is 11.1. The van der Waals surface area contributed by atoms with Gasteiger partial charge >= 0.3 is 11.9 Å². The summed E-state index contributed by atoms with van der Waals surface area (Å²) in [5.41, 5.74) is 1.79. The third-order valence-corrected chi connectivity index (χ3v) is 9.02. The molecule has 0 spiro atoms. The molecule has 4 aromatic rings. The van der Waals surface area contributed by atoms with Crippen LogP contribution in [0.4, 0.5) is 5.69 Å². The molecular weight excluding hydrogens is 718 g/mol. The van der Waals surface area contributed by atoms with Gasteiger partial charge < -0.3 is 28.4 Å². The number of rotatable bonds is 14. The Labute approximate surface area is 306 Å². The first-order valence-electron chi connectivity index (χ1n) is 15.9. The van der Waals surface area contributed by atoms with Crippen LogP contribution in [0.15, 0.2) is 75.7 Å². The molecule has 272 valence electrons. The number of fused-ring (bicyclic) bond motifs is 1. The van der Waals surface area contributed by atoms with Crippen LogP contribution in [0.3, 0.4) is 0 Å². The lowest BCUT2D eigenvalue weighted by atomic mass is 9.95. The van der Waals surface area contributed by atoms with Gasteiger partial charge in [0.1, 0.15) is 6.61 Å². The maximum atomic E-state index is 14.2. The maximum Gasteiger partial charge on any atom is 0.343 e. The predicted molar refractivity (Wildman–Crippen MR) is 191 cm³/mol. The zero-order chi connectivity index (χ0) is 37.5. The van der Waals surface area contributed by atoms with Crippen molar-refractivity contribution in [3.05, 3.63) is 117 Å². The van der Waals surface area contributed by atoms with Gasteiger partial charge in [0.05, 0.1) is 59.2 Å². The van der Waals surface area contributed by atoms with Gasteiger partial charge in [0, 0.05) is 12.1 Å². The molecule has 1 atom stereocenters. The molecule has 2 heterocycles. The molecule has 1 aromatic heterocycles. The van der Waals surface area contributed by atoms with E-state index >= 15 is 0 Å². The van der Waals surface area contributed by atoms with Crippen molar-refractivity contribution in [1.82, 2.24) is 4.57 Å². The largest absolute Gasteiger partial charge is 0.493 e. The van der Waals surface area contributed by atoms with Crippen molar-refractivity contribution in [2.75, 3.05) is 34.0 Å². The lowest BCUT2D eigenvalue weighted by Gasteiger charge is -2.25. The SMILES string of the molecule is CCOC(=O)C1=C(C)N=c2s/c(=C\c3cc(Cl)c(OCc4ccc([N+](=O)[O-])cc4)c(OC)c3)c(=O)n2[C@H]1c1ccc(OCC(=O)OC)c(OCC)c1. The van der Waals surface area contributed by atoms with Crippen LogP contribution in [0, 0.1) is 10.1 Å². The van der Waals surface area contributed by atoms with Gasteiger partial charge in [0.15, 0.2) is 34.4 Å². The van der Waals surface area contributed by atoms with Gasteiger partial charge in [-0.1, -0.05) is 29.0 Å². The number of nitrogens with zero attached hydrogens (tertiary/aromatic N) is 3. The third-order valence-electron chi connectivity index (χ3n) is 7.75. The van der Waals surface area contributed by atoms with Crippen LogP contribution in [-0.2, 0) is 25.7 Å². The number of hydrogen-bond acceptors (Lipinski definition) is 13. The maximum absolute atomic E-state index is 14.2. The lowest BCUT2D eigenvalue weighted by Crippen LogP contribution is -2.40. The highest BCUT2D eigenvalue weighted by Crippen LogP contribution is 2.38. The number of allylic oxidation sites excluding steroid dienone is 1. The second-order valence-corrected chi connectivity index (χ2v) is 12.5. The molecule has 0 fully saturated rings. The average molecular weight is 752 g/mol. The second kappa shape index (κ2) is 16.6. The molecule has 16 heteroatoms. The molecule has 52 heavy (non-hydrogen) atoms. The number of thiazole rings is 1. The van der Waals surface area contributed by atoms with Crippen molar-refractivity contribution >= 4 is 46.6 Å². The summed E-state index contributed by atoms with van der Waals surface area (Å²) < 4.78 is 34.7. The van der Waals surface area contributed by atoms with Crippen molar-refractivity contribution in [1.29, 1.82) is 0 Å². The first-order chi connectivity index (χ1) is 25.0. The normalized spacial score (nSPS) is 13.9. The zero-order valence-electron chi connectivity index (χ0n) is 28.8. The van der Waals surface area contributed by atoms with E-state index in [0.717, 1.165) is 11.3 Å². The minimum atomic E-state index is -0.945. The number of ether oxygens (including phenoxy) is 6. The van der Waals surface area contributed by atoms with Gasteiger partial charge in [-0.2, -0.15) is 0 Å². The van der Waals surface area contributed by atoms with E-state index in [2.05, 4.69) is 9.73 Å². The fourth-order valence-electron chi connectivity index (χ4n) is 5.37. The highest BCUT2D eigenvalue weighted by molar-refractivity contribution is 7.07. The summed E-state index contributed by atoms with van der Waals surface area (Å²) in [6, 6.07) is 13.2. The first kappa shape index (κ1) is 37.6. The number of nitro benzene ring substituents is 1. The summed E-state index contributed by atoms with van der Waals surface area (Å²) in [5.74, 6) is -0.100. The number of aromatic nitrogens is 1. The highest BCUT2D eigenvalue weighted by Gasteiger charge is 2.34. The highest BCUT2D eigenvalue weighted by atomic mass is 35.5. The standard InChI is InChI=1S/C36H34ClN3O11S/c1-6-48-27-17-23(10-13-26(27)50-19-30(41)47-5)32-31(35(43)49-7-2)20(3)38-36-39(32)34(42)29(52-36)16-22-14-25(37)33(28(15-22)46-4)51-18-21-8-11-24(12-9-21)40(44)45/h8-17,32H,6-7,18-19H2,1-5H3/b29-16-/t32-/m0/s1. The monoisotopic (exact) mass is 751 g/mol. The Kier molecular flexibility index (Phi) is 12.0. The summed E-state index contributed by atoms with van der Waals surface area (Å²) in [7, 11) is 2.70. The third kappa shape index (κ3) is 8.11. The van der Waals surface area contributed by atoms with Crippen molar-refractivity contribution in [3.8, 4) is 23.0 Å². The molecule has 1 aliphatic rings. The molecule has 14 nitrogen and oxygen atoms in total. The molecule has 1 aliphatic heterocycles. The number of benzene rings is 3. The van der Waals surface area contributed by atoms with Gasteiger partial charge in [-0.25, -0.2) is 14.6 Å². The van der Waals surface area contributed by atoms with Crippen LogP contribution < -0.4 is 33.8 Å². The van der Waals surface area contributed by atoms with Crippen LogP contribution in [0.25, 0.3) is 6.08 Å². The van der Waals surface area contributed by atoms with Crippen LogP contribution in [0.2, 0.25) is 5.02 Å². The Morgan fingerprint density at radius 2 is 1.75 bits per heavy atom. The fraction of sp³-hybridized carbons (Fsp3) is 0.278. The van der Waals surface area contributed by atoms with Crippen LogP contribution in [0.1, 0.15) is 43.5 Å². The Morgan fingerprint density at radius 3 is 2.40 bits per heavy atom. The molecule has 5 rings (SSSR count). The van der Waals surface area contributed by atoms with Crippen molar-refractivity contribution < 1.29 is 42.9 Å². The number of carbonyl (C=O) groups excluding carboxylic acids is 2. The number of carbonyl (C=O) groups is 2. The van der Waals surface area contributed by atoms with Crippen molar-refractivity contribution in [2.24, 2.45) is 4.99 Å². The minimum absolute atomic E-state index is 0.0391. The summed E-state index contributed by atoms with van der Waals surface area (Å²) >= 11 is 7.77. The number of hydrogen-bond donors (Lipinski definition) is 0. The molecule has 0 radical (unpaired) electrons. The molecule has 0 bridgehead atoms. The average Bonchev–Trinajstić information content (AvgIpc) is 3.43. The van der Waals surface area contributed by atoms with E-state index in [9.17, 15) is 24.5 Å². The van der Waals surface area contributed by atoms with E-state index in [1.54, 1.807) is 69.3 Å². The van der Waals surface area contributed by atoms with Crippen LogP contribution >= 0.6 is 22.9 Å². The number of methoxy groups -OCH3 is 2. The smallest absolute Gasteiger partial charge is 0.343 e. The zero-order valence-corrected chi connectivity index (χ0v) is 30.4. The summed E-state index contributed by atoms with van der Waals surface area (Å²) in [6.45, 7) is 5.24. The molecule has 0 saturated heterocycles. The summed E-state index contributed by atoms with van der Waals surface area (Å²) in [6.07, 6.45) is 1.63. The van der Waals surface area contributed by atoms with E-state index in [1.165, 1.54) is 30.9 Å². The minimum Gasteiger partial charge on any atom is -0.493 e. The predicted octanol–water partition coefficient (Wildman–Crippen LogP) is 4.90. The molecule has 3 aromatic carbocycles. The Balaban J connectivity index is 1.56. The van der Waals surface area contributed by atoms with Gasteiger partial charge in [0.25, 0.3) is 11.2 Å². The van der Waals surface area contributed by atoms with E-state index in [-0.39, 0.29) is 54.2 Å². The van der Waals surface area contributed by atoms with Gasteiger partial charge in [-0.05, 0) is 79.9 Å². The van der Waals surface area contributed by atoms with Gasteiger partial charge in [0.2, 0.25) is 0 Å². The van der Waals surface area contributed by atoms with Crippen molar-refractivity contribution in [2.45, 2.75) is 33.4 Å². The van der Waals surface area contributed by atoms with Crippen molar-refractivity contribution in [3.63, 3.8) is 0 Å². The summed E-state index contributed by atoms with van der Waals surface area (Å²) in [4.78, 5) is 54.8. The molecule has 0 saturated carbocycles. The van der Waals surface area contributed by atoms with E-state index < -0.39 is 28.5 Å². The molecular formula is C36H34ClN3O11S. The van der Waals surface area contributed by atoms with Gasteiger partial charge in [-0.15, -0.1) is 0 Å². The first-order valence-corrected chi connectivity index (χ1v) is 17.1. The van der Waals surface area contributed by atoms with Gasteiger partial charge in [-0.3, -0.25) is 19.5 Å². The fourth-order valence-corrected chi connectivity index (χ4v) is 6.69. The Morgan fingerprint density at radius 1 is 1.00 bits per heavy atom. The Bertz CT molecular complexity index is 2230. The number of non-ortho nitro benzene ring substituents is 1. The molecule has 0 amide bonds. The number of halogens is 1. The Hall–Kier alpha value is -5.67. The van der Waals surface area contributed by atoms with E-state index in [1.807, 2.05) is 0 Å². The van der Waals surface area contributed by atoms with E-state index in [4.69, 9.17) is 35.3 Å². The van der Waals surface area contributed by atoms with E-state index in [0.29, 0.717) is 43.2 Å². The molecule has 0 aliphatic carbocycles. The molecule has 0 N–H and O–H groups in total. The lowest BCUT2D eigenvalue weighted by molar-refractivity contribution is -0.384. The molecule has 0 unspecified atom stereocenters. The number of nitro groups is 1. The topological polar surface area (TPSA) is 167 Å². The quantitative estimate of drug-likeness (QED) is 0.0977. The van der Waals surface area contributed by atoms with Crippen LogP contribution in [0.5, 0.6) is 23.0 Å². The van der Waals surface area contributed by atoms with Crippen LogP contribution in [-0.4, -0.2) is 55.5 Å². The summed E-state index contributed by atoms with van der Waals surface area (Å²) in [5, 5.41) is 11.2. The number of esters is 2.